The van der Waals surface area contributed by atoms with Gasteiger partial charge in [0, 0.05) is 26.2 Å². The van der Waals surface area contributed by atoms with E-state index in [9.17, 15) is 0 Å². The van der Waals surface area contributed by atoms with Gasteiger partial charge in [0.25, 0.3) is 0 Å². The molecule has 2 aliphatic heterocycles. The number of nitrogens with zero attached hydrogens (tertiary/aromatic N) is 4. The maximum absolute atomic E-state index is 8.38. The first kappa shape index (κ1) is 23.1. The molecule has 2 N–H and O–H groups in total. The van der Waals surface area contributed by atoms with E-state index in [4.69, 9.17) is 10.8 Å². The Bertz CT molecular complexity index is 421. The van der Waals surface area contributed by atoms with E-state index < -0.39 is 11.1 Å². The summed E-state index contributed by atoms with van der Waals surface area (Å²) < 4.78 is 0. The molecule has 2 saturated heterocycles. The van der Waals surface area contributed by atoms with Gasteiger partial charge in [0.2, 0.25) is 0 Å². The van der Waals surface area contributed by atoms with Gasteiger partial charge in [-0.3, -0.25) is 10.8 Å². The van der Waals surface area contributed by atoms with Crippen LogP contribution in [0.3, 0.4) is 0 Å². The first-order valence-corrected chi connectivity index (χ1v) is 8.36. The van der Waals surface area contributed by atoms with E-state index >= 15 is 0 Å². The zero-order valence-corrected chi connectivity index (χ0v) is 16.9. The quantitative estimate of drug-likeness (QED) is 0.440. The van der Waals surface area contributed by atoms with E-state index in [-0.39, 0.29) is 24.8 Å². The molecule has 0 radical (unpaired) electrons. The molecule has 0 aromatic rings. The zero-order valence-electron chi connectivity index (χ0n) is 15.3. The molecule has 0 aromatic carbocycles. The molecule has 24 heavy (non-hydrogen) atoms. The number of nitrogens with one attached hydrogen (secondary N) is 2. The van der Waals surface area contributed by atoms with Crippen molar-refractivity contribution in [3.8, 4) is 0 Å². The van der Waals surface area contributed by atoms with Crippen molar-refractivity contribution in [2.75, 3.05) is 26.2 Å². The molecule has 0 spiro atoms. The average molecular weight is 379 g/mol. The van der Waals surface area contributed by atoms with Crippen LogP contribution < -0.4 is 0 Å². The van der Waals surface area contributed by atoms with Crippen LogP contribution >= 0.6 is 24.8 Å². The molecule has 2 heterocycles. The van der Waals surface area contributed by atoms with Crippen LogP contribution in [0.5, 0.6) is 0 Å². The summed E-state index contributed by atoms with van der Waals surface area (Å²) in [6.45, 7) is 11.5. The molecule has 2 fully saturated rings. The van der Waals surface area contributed by atoms with Gasteiger partial charge in [-0.05, 0) is 53.4 Å². The van der Waals surface area contributed by atoms with E-state index in [0.717, 1.165) is 51.9 Å². The largest absolute Gasteiger partial charge is 0.358 e. The standard InChI is InChI=1S/C16H30N6.2ClH/c1-15(2,13(17)21-9-5-6-10-21)19-20-16(3,4)14(18)22-11-7-8-12-22;;/h17-18H,5-12H2,1-4H3;2*1H/b17-13?,18-14?,20-19+;;. The summed E-state index contributed by atoms with van der Waals surface area (Å²) in [6, 6.07) is 0. The lowest BCUT2D eigenvalue weighted by Gasteiger charge is -2.31. The van der Waals surface area contributed by atoms with Crippen LogP contribution in [0.25, 0.3) is 0 Å². The molecule has 0 atom stereocenters. The maximum atomic E-state index is 8.38. The van der Waals surface area contributed by atoms with E-state index in [1.54, 1.807) is 0 Å². The monoisotopic (exact) mass is 378 g/mol. The fourth-order valence-corrected chi connectivity index (χ4v) is 3.00. The molecular formula is C16H32Cl2N6. The van der Waals surface area contributed by atoms with Crippen molar-refractivity contribution in [1.82, 2.24) is 9.80 Å². The minimum atomic E-state index is -0.632. The summed E-state index contributed by atoms with van der Waals surface area (Å²) in [4.78, 5) is 4.19. The first-order chi connectivity index (χ1) is 10.2. The summed E-state index contributed by atoms with van der Waals surface area (Å²) in [5.41, 5.74) is -1.26. The molecule has 0 saturated carbocycles. The van der Waals surface area contributed by atoms with Gasteiger partial charge in [-0.15, -0.1) is 24.8 Å². The van der Waals surface area contributed by atoms with Crippen molar-refractivity contribution in [1.29, 1.82) is 10.8 Å². The highest BCUT2D eigenvalue weighted by molar-refractivity contribution is 5.89. The topological polar surface area (TPSA) is 78.9 Å². The maximum Gasteiger partial charge on any atom is 0.132 e. The molecule has 2 aliphatic rings. The van der Waals surface area contributed by atoms with Gasteiger partial charge < -0.3 is 9.80 Å². The highest BCUT2D eigenvalue weighted by Gasteiger charge is 2.33. The third-order valence-corrected chi connectivity index (χ3v) is 4.55. The highest BCUT2D eigenvalue weighted by atomic mass is 35.5. The second-order valence-corrected chi connectivity index (χ2v) is 7.40. The van der Waals surface area contributed by atoms with Crippen molar-refractivity contribution in [2.45, 2.75) is 64.5 Å². The average Bonchev–Trinajstić information content (AvgIpc) is 3.16. The van der Waals surface area contributed by atoms with Crippen LogP contribution in [0, 0.1) is 10.8 Å². The summed E-state index contributed by atoms with van der Waals surface area (Å²) >= 11 is 0. The lowest BCUT2D eigenvalue weighted by molar-refractivity contribution is 0.429. The number of rotatable bonds is 4. The Kier molecular flexibility index (Phi) is 8.67. The number of halogens is 2. The SMILES string of the molecule is CC(C)(/N=N/C(C)(C)C(=N)N1CCCC1)C(=N)N1CCCC1.Cl.Cl. The molecule has 140 valence electrons. The van der Waals surface area contributed by atoms with Gasteiger partial charge in [-0.25, -0.2) is 0 Å². The summed E-state index contributed by atoms with van der Waals surface area (Å²) in [5.74, 6) is 1.08. The van der Waals surface area contributed by atoms with Gasteiger partial charge >= 0.3 is 0 Å². The Morgan fingerprint density at radius 1 is 0.667 bits per heavy atom. The third-order valence-electron chi connectivity index (χ3n) is 4.55. The van der Waals surface area contributed by atoms with Crippen LogP contribution in [0.2, 0.25) is 0 Å². The minimum absolute atomic E-state index is 0. The van der Waals surface area contributed by atoms with Gasteiger partial charge in [-0.2, -0.15) is 10.2 Å². The Hall–Kier alpha value is -0.880. The minimum Gasteiger partial charge on any atom is -0.358 e. The smallest absolute Gasteiger partial charge is 0.132 e. The van der Waals surface area contributed by atoms with E-state index in [2.05, 4.69) is 20.0 Å². The van der Waals surface area contributed by atoms with Gasteiger partial charge in [0.15, 0.2) is 0 Å². The third kappa shape index (κ3) is 5.31. The van der Waals surface area contributed by atoms with Crippen LogP contribution in [0.15, 0.2) is 10.2 Å². The fraction of sp³-hybridized carbons (Fsp3) is 0.875. The van der Waals surface area contributed by atoms with Gasteiger partial charge in [0.1, 0.15) is 22.7 Å². The summed E-state index contributed by atoms with van der Waals surface area (Å²) in [7, 11) is 0. The molecule has 0 bridgehead atoms. The van der Waals surface area contributed by atoms with Crippen molar-refractivity contribution in [2.24, 2.45) is 10.2 Å². The predicted molar refractivity (Wildman–Crippen MR) is 105 cm³/mol. The first-order valence-electron chi connectivity index (χ1n) is 8.36. The number of hydrogen-bond donors (Lipinski definition) is 2. The molecule has 2 rings (SSSR count). The number of hydrogen-bond acceptors (Lipinski definition) is 4. The summed E-state index contributed by atoms with van der Waals surface area (Å²) in [6.07, 6.45) is 4.61. The Morgan fingerprint density at radius 2 is 0.917 bits per heavy atom. The molecule has 0 amide bonds. The second-order valence-electron chi connectivity index (χ2n) is 7.40. The number of azo groups is 1. The van der Waals surface area contributed by atoms with Crippen LogP contribution in [-0.4, -0.2) is 58.7 Å². The van der Waals surface area contributed by atoms with Crippen molar-refractivity contribution < 1.29 is 0 Å². The van der Waals surface area contributed by atoms with Crippen molar-refractivity contribution in [3.63, 3.8) is 0 Å². The zero-order chi connectivity index (χ0) is 16.4. The number of likely N-dealkylation sites (tertiary alicyclic amines) is 2. The molecule has 0 unspecified atom stereocenters. The van der Waals surface area contributed by atoms with Crippen LogP contribution in [0.1, 0.15) is 53.4 Å². The molecule has 6 nitrogen and oxygen atoms in total. The van der Waals surface area contributed by atoms with Crippen LogP contribution in [0.4, 0.5) is 0 Å². The highest BCUT2D eigenvalue weighted by Crippen LogP contribution is 2.23. The predicted octanol–water partition coefficient (Wildman–Crippen LogP) is 3.99. The second kappa shape index (κ2) is 8.99. The molecule has 8 heteroatoms. The Morgan fingerprint density at radius 3 is 1.17 bits per heavy atom. The Balaban J connectivity index is 0.00000264. The van der Waals surface area contributed by atoms with Gasteiger partial charge in [-0.1, -0.05) is 0 Å². The van der Waals surface area contributed by atoms with Gasteiger partial charge in [0.05, 0.1) is 0 Å². The van der Waals surface area contributed by atoms with Crippen molar-refractivity contribution in [3.05, 3.63) is 0 Å². The number of amidine groups is 2. The Labute approximate surface area is 158 Å². The lowest BCUT2D eigenvalue weighted by atomic mass is 10.0. The van der Waals surface area contributed by atoms with E-state index in [0.29, 0.717) is 11.7 Å². The normalized spacial score (nSPS) is 18.5. The van der Waals surface area contributed by atoms with Crippen molar-refractivity contribution >= 4 is 36.5 Å². The molecular weight excluding hydrogens is 347 g/mol. The van der Waals surface area contributed by atoms with Crippen LogP contribution in [-0.2, 0) is 0 Å². The lowest BCUT2D eigenvalue weighted by Crippen LogP contribution is -2.44. The van der Waals surface area contributed by atoms with E-state index in [1.807, 2.05) is 27.7 Å². The molecule has 0 aliphatic carbocycles. The van der Waals surface area contributed by atoms with E-state index in [1.165, 1.54) is 0 Å². The molecule has 0 aromatic heterocycles. The summed E-state index contributed by atoms with van der Waals surface area (Å²) in [5, 5.41) is 25.7. The fourth-order valence-electron chi connectivity index (χ4n) is 3.00.